The van der Waals surface area contributed by atoms with Crippen molar-refractivity contribution in [3.05, 3.63) is 57.8 Å². The summed E-state index contributed by atoms with van der Waals surface area (Å²) < 4.78 is 0. The number of thiophene rings is 1. The molecule has 2 rings (SSSR count). The molecule has 0 aliphatic rings. The highest BCUT2D eigenvalue weighted by Crippen LogP contribution is 2.11. The molecule has 0 unspecified atom stereocenters. The van der Waals surface area contributed by atoms with Crippen molar-refractivity contribution in [2.75, 3.05) is 14.1 Å². The van der Waals surface area contributed by atoms with Crippen LogP contribution in [0.15, 0.2) is 41.8 Å². The summed E-state index contributed by atoms with van der Waals surface area (Å²) in [6, 6.07) is 11.1. The molecule has 0 spiro atoms. The van der Waals surface area contributed by atoms with E-state index >= 15 is 0 Å². The minimum absolute atomic E-state index is 0.000348. The van der Waals surface area contributed by atoms with Crippen LogP contribution in [-0.4, -0.2) is 32.0 Å². The maximum Gasteiger partial charge on any atom is 0.262 e. The molecule has 0 fully saturated rings. The van der Waals surface area contributed by atoms with Gasteiger partial charge < -0.3 is 15.5 Å². The van der Waals surface area contributed by atoms with E-state index in [1.807, 2.05) is 43.5 Å². The van der Waals surface area contributed by atoms with Gasteiger partial charge in [0.25, 0.3) is 5.91 Å². The SMILES string of the molecule is CC(C)[C@@H](NC(=O)c1cccs1)C(=O)NCc1ccccc1C[NH+](C)C. The van der Waals surface area contributed by atoms with E-state index in [9.17, 15) is 9.59 Å². The molecule has 140 valence electrons. The summed E-state index contributed by atoms with van der Waals surface area (Å²) in [5, 5.41) is 7.69. The molecule has 0 aliphatic carbocycles. The average Bonchev–Trinajstić information content (AvgIpc) is 3.12. The van der Waals surface area contributed by atoms with Crippen molar-refractivity contribution in [1.29, 1.82) is 0 Å². The van der Waals surface area contributed by atoms with Crippen LogP contribution in [0.1, 0.15) is 34.6 Å². The van der Waals surface area contributed by atoms with Gasteiger partial charge in [-0.05, 0) is 22.9 Å². The normalized spacial score (nSPS) is 12.2. The Kier molecular flexibility index (Phi) is 7.36. The van der Waals surface area contributed by atoms with Gasteiger partial charge in [-0.15, -0.1) is 11.3 Å². The number of quaternary nitrogens is 1. The van der Waals surface area contributed by atoms with Crippen molar-refractivity contribution >= 4 is 23.2 Å². The Balaban J connectivity index is 2.01. The van der Waals surface area contributed by atoms with Gasteiger partial charge in [0.1, 0.15) is 12.6 Å². The highest BCUT2D eigenvalue weighted by Gasteiger charge is 2.25. The van der Waals surface area contributed by atoms with E-state index in [0.29, 0.717) is 11.4 Å². The van der Waals surface area contributed by atoms with Crippen LogP contribution in [0.2, 0.25) is 0 Å². The quantitative estimate of drug-likeness (QED) is 0.655. The van der Waals surface area contributed by atoms with Gasteiger partial charge in [0.05, 0.1) is 19.0 Å². The maximum atomic E-state index is 12.7. The summed E-state index contributed by atoms with van der Waals surface area (Å²) in [5.74, 6) is -0.359. The number of rotatable bonds is 8. The van der Waals surface area contributed by atoms with Gasteiger partial charge in [0.2, 0.25) is 5.91 Å². The average molecular weight is 375 g/mol. The Morgan fingerprint density at radius 1 is 1.08 bits per heavy atom. The predicted molar refractivity (Wildman–Crippen MR) is 105 cm³/mol. The second kappa shape index (κ2) is 9.50. The lowest BCUT2D eigenvalue weighted by Crippen LogP contribution is -3.04. The number of nitrogens with one attached hydrogen (secondary N) is 3. The van der Waals surface area contributed by atoms with Gasteiger partial charge in [0.15, 0.2) is 0 Å². The van der Waals surface area contributed by atoms with Gasteiger partial charge in [-0.25, -0.2) is 0 Å². The van der Waals surface area contributed by atoms with Crippen LogP contribution in [0.4, 0.5) is 0 Å². The Morgan fingerprint density at radius 3 is 2.35 bits per heavy atom. The van der Waals surface area contributed by atoms with Crippen LogP contribution in [0, 0.1) is 5.92 Å². The van der Waals surface area contributed by atoms with Crippen molar-refractivity contribution in [2.45, 2.75) is 33.0 Å². The Hall–Kier alpha value is -2.18. The third-order valence-electron chi connectivity index (χ3n) is 4.10. The number of amides is 2. The standard InChI is InChI=1S/C20H27N3O2S/c1-14(2)18(22-19(24)17-10-7-11-26-17)20(25)21-12-15-8-5-6-9-16(15)13-23(3)4/h5-11,14,18H,12-13H2,1-4H3,(H,21,25)(H,22,24)/p+1/t18-/m1/s1. The smallest absolute Gasteiger partial charge is 0.262 e. The lowest BCUT2D eigenvalue weighted by atomic mass is 10.0. The first kappa shape index (κ1) is 20.1. The molecular weight excluding hydrogens is 346 g/mol. The van der Waals surface area contributed by atoms with Crippen LogP contribution in [0.5, 0.6) is 0 Å². The number of hydrogen-bond acceptors (Lipinski definition) is 3. The first-order chi connectivity index (χ1) is 12.4. The molecule has 1 aromatic heterocycles. The molecule has 0 saturated carbocycles. The maximum absolute atomic E-state index is 12.7. The topological polar surface area (TPSA) is 62.6 Å². The number of carbonyl (C=O) groups excluding carboxylic acids is 2. The summed E-state index contributed by atoms with van der Waals surface area (Å²) in [6.45, 7) is 5.22. The molecule has 0 saturated heterocycles. The largest absolute Gasteiger partial charge is 0.350 e. The van der Waals surface area contributed by atoms with Crippen molar-refractivity contribution < 1.29 is 14.5 Å². The second-order valence-electron chi connectivity index (χ2n) is 7.04. The van der Waals surface area contributed by atoms with Gasteiger partial charge in [-0.2, -0.15) is 0 Å². The minimum atomic E-state index is -0.559. The van der Waals surface area contributed by atoms with Crippen LogP contribution < -0.4 is 15.5 Å². The third kappa shape index (κ3) is 5.68. The molecule has 2 amide bonds. The molecule has 0 aliphatic heterocycles. The lowest BCUT2D eigenvalue weighted by Gasteiger charge is -2.22. The van der Waals surface area contributed by atoms with Crippen LogP contribution >= 0.6 is 11.3 Å². The fourth-order valence-corrected chi connectivity index (χ4v) is 3.36. The van der Waals surface area contributed by atoms with Gasteiger partial charge in [-0.1, -0.05) is 44.2 Å². The van der Waals surface area contributed by atoms with E-state index in [2.05, 4.69) is 30.8 Å². The van der Waals surface area contributed by atoms with E-state index < -0.39 is 6.04 Å². The fourth-order valence-electron chi connectivity index (χ4n) is 2.73. The molecular formula is C20H28N3O2S+. The molecule has 2 aromatic rings. The summed E-state index contributed by atoms with van der Waals surface area (Å²) in [5.41, 5.74) is 2.32. The Morgan fingerprint density at radius 2 is 1.77 bits per heavy atom. The van der Waals surface area contributed by atoms with Crippen LogP contribution in [0.3, 0.4) is 0 Å². The number of hydrogen-bond donors (Lipinski definition) is 3. The molecule has 3 N–H and O–H groups in total. The molecule has 0 radical (unpaired) electrons. The van der Waals surface area contributed by atoms with Crippen molar-refractivity contribution in [3.8, 4) is 0 Å². The van der Waals surface area contributed by atoms with Crippen LogP contribution in [-0.2, 0) is 17.9 Å². The molecule has 1 heterocycles. The van der Waals surface area contributed by atoms with E-state index in [1.54, 1.807) is 6.07 Å². The third-order valence-corrected chi connectivity index (χ3v) is 4.96. The van der Waals surface area contributed by atoms with E-state index in [4.69, 9.17) is 0 Å². The Bertz CT molecular complexity index is 726. The Labute approximate surface area is 159 Å². The zero-order valence-corrected chi connectivity index (χ0v) is 16.7. The zero-order valence-electron chi connectivity index (χ0n) is 15.8. The highest BCUT2D eigenvalue weighted by molar-refractivity contribution is 7.12. The summed E-state index contributed by atoms with van der Waals surface area (Å²) in [7, 11) is 4.20. The molecule has 0 bridgehead atoms. The van der Waals surface area contributed by atoms with Gasteiger partial charge >= 0.3 is 0 Å². The highest BCUT2D eigenvalue weighted by atomic mass is 32.1. The fraction of sp³-hybridized carbons (Fsp3) is 0.400. The minimum Gasteiger partial charge on any atom is -0.350 e. The van der Waals surface area contributed by atoms with Crippen molar-refractivity contribution in [3.63, 3.8) is 0 Å². The summed E-state index contributed by atoms with van der Waals surface area (Å²) in [6.07, 6.45) is 0. The van der Waals surface area contributed by atoms with E-state index in [0.717, 1.165) is 12.1 Å². The molecule has 6 heteroatoms. The lowest BCUT2D eigenvalue weighted by molar-refractivity contribution is -0.872. The van der Waals surface area contributed by atoms with E-state index in [-0.39, 0.29) is 17.7 Å². The molecule has 1 atom stereocenters. The van der Waals surface area contributed by atoms with Crippen LogP contribution in [0.25, 0.3) is 0 Å². The second-order valence-corrected chi connectivity index (χ2v) is 7.99. The van der Waals surface area contributed by atoms with Crippen molar-refractivity contribution in [1.82, 2.24) is 10.6 Å². The van der Waals surface area contributed by atoms with Gasteiger partial charge in [-0.3, -0.25) is 9.59 Å². The molecule has 26 heavy (non-hydrogen) atoms. The summed E-state index contributed by atoms with van der Waals surface area (Å²) in [4.78, 5) is 26.9. The summed E-state index contributed by atoms with van der Waals surface area (Å²) >= 11 is 1.37. The predicted octanol–water partition coefficient (Wildman–Crippen LogP) is 1.46. The van der Waals surface area contributed by atoms with Gasteiger partial charge in [0, 0.05) is 12.1 Å². The number of benzene rings is 1. The van der Waals surface area contributed by atoms with E-state index in [1.165, 1.54) is 21.8 Å². The first-order valence-electron chi connectivity index (χ1n) is 8.86. The monoisotopic (exact) mass is 374 g/mol. The first-order valence-corrected chi connectivity index (χ1v) is 9.74. The molecule has 5 nitrogen and oxygen atoms in total. The van der Waals surface area contributed by atoms with Crippen molar-refractivity contribution in [2.24, 2.45) is 5.92 Å². The zero-order chi connectivity index (χ0) is 19.1. The molecule has 1 aromatic carbocycles. The number of carbonyl (C=O) groups is 2.